The number of hydrogen-bond acceptors (Lipinski definition) is 7. The molecule has 0 fully saturated rings. The average Bonchev–Trinajstić information content (AvgIpc) is 2.94. The van der Waals surface area contributed by atoms with Gasteiger partial charge in [-0.1, -0.05) is 5.16 Å². The zero-order valence-corrected chi connectivity index (χ0v) is 12.5. The molecule has 3 N–H and O–H groups in total. The number of hydrogen-bond donors (Lipinski definition) is 2. The van der Waals surface area contributed by atoms with Crippen LogP contribution in [0, 0.1) is 6.92 Å². The van der Waals surface area contributed by atoms with Crippen molar-refractivity contribution in [2.24, 2.45) is 0 Å². The van der Waals surface area contributed by atoms with Gasteiger partial charge in [-0.15, -0.1) is 0 Å². The van der Waals surface area contributed by atoms with Gasteiger partial charge < -0.3 is 15.0 Å². The molecule has 0 bridgehead atoms. The molecule has 2 rings (SSSR count). The van der Waals surface area contributed by atoms with Crippen LogP contribution in [-0.2, 0) is 16.4 Å². The van der Waals surface area contributed by atoms with Crippen LogP contribution >= 0.6 is 0 Å². The first-order chi connectivity index (χ1) is 9.94. The molecule has 0 atom stereocenters. The summed E-state index contributed by atoms with van der Waals surface area (Å²) in [5.41, 5.74) is 6.90. The summed E-state index contributed by atoms with van der Waals surface area (Å²) in [4.78, 5) is 3.81. The maximum absolute atomic E-state index is 12.3. The molecule has 0 aliphatic carbocycles. The summed E-state index contributed by atoms with van der Waals surface area (Å²) in [7, 11) is -2.33. The lowest BCUT2D eigenvalue weighted by atomic mass is 10.2. The lowest BCUT2D eigenvalue weighted by Crippen LogP contribution is -2.26. The molecule has 114 valence electrons. The Morgan fingerprint density at radius 2 is 2.19 bits per heavy atom. The summed E-state index contributed by atoms with van der Waals surface area (Å²) >= 11 is 0. The van der Waals surface area contributed by atoms with E-state index in [1.807, 2.05) is 0 Å². The maximum Gasteiger partial charge on any atom is 0.244 e. The van der Waals surface area contributed by atoms with Gasteiger partial charge >= 0.3 is 0 Å². The largest absolute Gasteiger partial charge is 0.495 e. The van der Waals surface area contributed by atoms with E-state index in [2.05, 4.69) is 19.4 Å². The highest BCUT2D eigenvalue weighted by Crippen LogP contribution is 2.28. The Hall–Kier alpha value is -2.13. The molecular weight excluding hydrogens is 296 g/mol. The number of nitrogens with zero attached hydrogens (tertiary/aromatic N) is 2. The van der Waals surface area contributed by atoms with Gasteiger partial charge in [0.05, 0.1) is 7.11 Å². The highest BCUT2D eigenvalue weighted by atomic mass is 32.2. The van der Waals surface area contributed by atoms with Crippen molar-refractivity contribution in [2.45, 2.75) is 18.2 Å². The molecule has 0 aliphatic heterocycles. The first kappa shape index (κ1) is 15.3. The van der Waals surface area contributed by atoms with E-state index in [1.165, 1.54) is 19.6 Å². The Labute approximate surface area is 122 Å². The lowest BCUT2D eigenvalue weighted by Gasteiger charge is -2.12. The Balaban J connectivity index is 2.17. The van der Waals surface area contributed by atoms with E-state index in [1.54, 1.807) is 13.0 Å². The number of aryl methyl sites for hydroxylation is 1. The minimum atomic E-state index is -3.74. The van der Waals surface area contributed by atoms with Crippen LogP contribution in [0.3, 0.4) is 0 Å². The summed E-state index contributed by atoms with van der Waals surface area (Å²) in [6.45, 7) is 1.91. The molecule has 8 nitrogen and oxygen atoms in total. The summed E-state index contributed by atoms with van der Waals surface area (Å²) in [5.74, 6) is 0.668. The number of sulfonamides is 1. The molecule has 0 unspecified atom stereocenters. The normalized spacial score (nSPS) is 11.5. The van der Waals surface area contributed by atoms with Crippen LogP contribution in [0.1, 0.15) is 11.4 Å². The summed E-state index contributed by atoms with van der Waals surface area (Å²) < 4.78 is 36.7. The van der Waals surface area contributed by atoms with E-state index in [-0.39, 0.29) is 17.2 Å². The molecule has 0 spiro atoms. The Morgan fingerprint density at radius 1 is 1.43 bits per heavy atom. The zero-order valence-electron chi connectivity index (χ0n) is 11.7. The third-order valence-corrected chi connectivity index (χ3v) is 4.37. The number of nitrogen functional groups attached to an aromatic ring is 1. The number of nitrogens with two attached hydrogens (primary N) is 1. The van der Waals surface area contributed by atoms with Gasteiger partial charge in [0.1, 0.15) is 10.6 Å². The lowest BCUT2D eigenvalue weighted by molar-refractivity contribution is 0.402. The standard InChI is InChI=1S/C12H16N4O4S/c1-8-5-10(19-2)11(6-9(8)13)21(17,18)15-4-3-12-14-7-20-16-12/h5-7,15H,3-4,13H2,1-2H3. The smallest absolute Gasteiger partial charge is 0.244 e. The maximum atomic E-state index is 12.3. The van der Waals surface area contributed by atoms with E-state index in [0.717, 1.165) is 5.56 Å². The van der Waals surface area contributed by atoms with Gasteiger partial charge in [0.15, 0.2) is 5.82 Å². The van der Waals surface area contributed by atoms with Gasteiger partial charge in [-0.05, 0) is 24.6 Å². The van der Waals surface area contributed by atoms with Crippen molar-refractivity contribution in [2.75, 3.05) is 19.4 Å². The van der Waals surface area contributed by atoms with Gasteiger partial charge in [0.25, 0.3) is 0 Å². The first-order valence-corrected chi connectivity index (χ1v) is 7.61. The molecule has 1 aromatic carbocycles. The minimum absolute atomic E-state index is 0.00112. The number of nitrogens with one attached hydrogen (secondary N) is 1. The summed E-state index contributed by atoms with van der Waals surface area (Å²) in [5, 5.41) is 3.60. The zero-order chi connectivity index (χ0) is 15.5. The van der Waals surface area contributed by atoms with Gasteiger partial charge in [0, 0.05) is 18.7 Å². The van der Waals surface area contributed by atoms with Crippen LogP contribution in [0.5, 0.6) is 5.75 Å². The molecule has 0 aliphatic rings. The van der Waals surface area contributed by atoms with Gasteiger partial charge in [-0.3, -0.25) is 0 Å². The van der Waals surface area contributed by atoms with Crippen molar-refractivity contribution < 1.29 is 17.7 Å². The molecule has 0 amide bonds. The topological polar surface area (TPSA) is 120 Å². The monoisotopic (exact) mass is 312 g/mol. The highest BCUT2D eigenvalue weighted by Gasteiger charge is 2.20. The average molecular weight is 312 g/mol. The fourth-order valence-corrected chi connectivity index (χ4v) is 2.94. The molecule has 0 saturated carbocycles. The number of benzene rings is 1. The van der Waals surface area contributed by atoms with Crippen molar-refractivity contribution in [1.82, 2.24) is 14.9 Å². The van der Waals surface area contributed by atoms with Crippen molar-refractivity contribution in [3.8, 4) is 5.75 Å². The molecule has 0 radical (unpaired) electrons. The van der Waals surface area contributed by atoms with Crippen molar-refractivity contribution in [3.63, 3.8) is 0 Å². The SMILES string of the molecule is COc1cc(C)c(N)cc1S(=O)(=O)NCCc1ncon1. The Morgan fingerprint density at radius 3 is 2.81 bits per heavy atom. The van der Waals surface area contributed by atoms with E-state index < -0.39 is 10.0 Å². The van der Waals surface area contributed by atoms with Gasteiger partial charge in [0.2, 0.25) is 16.4 Å². The van der Waals surface area contributed by atoms with Gasteiger partial charge in [-0.2, -0.15) is 4.98 Å². The molecule has 0 saturated heterocycles. The predicted octanol–water partition coefficient (Wildman–Crippen LogP) is 0.490. The second-order valence-electron chi connectivity index (χ2n) is 4.35. The van der Waals surface area contributed by atoms with E-state index >= 15 is 0 Å². The number of rotatable bonds is 6. The van der Waals surface area contributed by atoms with Crippen molar-refractivity contribution in [3.05, 3.63) is 29.9 Å². The first-order valence-electron chi connectivity index (χ1n) is 6.13. The molecule has 1 heterocycles. The Kier molecular flexibility index (Phi) is 4.43. The van der Waals surface area contributed by atoms with Crippen molar-refractivity contribution >= 4 is 15.7 Å². The number of methoxy groups -OCH3 is 1. The van der Waals surface area contributed by atoms with Crippen LogP contribution in [0.15, 0.2) is 27.9 Å². The third kappa shape index (κ3) is 3.50. The fourth-order valence-electron chi connectivity index (χ4n) is 1.72. The second kappa shape index (κ2) is 6.10. The van der Waals surface area contributed by atoms with Crippen LogP contribution in [0.4, 0.5) is 5.69 Å². The van der Waals surface area contributed by atoms with Crippen LogP contribution in [0.2, 0.25) is 0 Å². The minimum Gasteiger partial charge on any atom is -0.495 e. The van der Waals surface area contributed by atoms with Crippen LogP contribution < -0.4 is 15.2 Å². The molecule has 1 aromatic heterocycles. The second-order valence-corrected chi connectivity index (χ2v) is 6.09. The quantitative estimate of drug-likeness (QED) is 0.745. The fraction of sp³-hybridized carbons (Fsp3) is 0.333. The van der Waals surface area contributed by atoms with E-state index in [4.69, 9.17) is 10.5 Å². The molecule has 2 aromatic rings. The molecule has 9 heteroatoms. The van der Waals surface area contributed by atoms with Crippen molar-refractivity contribution in [1.29, 1.82) is 0 Å². The van der Waals surface area contributed by atoms with E-state index in [9.17, 15) is 8.42 Å². The number of anilines is 1. The summed E-state index contributed by atoms with van der Waals surface area (Å²) in [6, 6.07) is 2.97. The molecular formula is C12H16N4O4S. The third-order valence-electron chi connectivity index (χ3n) is 2.89. The van der Waals surface area contributed by atoms with Crippen LogP contribution in [-0.4, -0.2) is 32.2 Å². The highest BCUT2D eigenvalue weighted by molar-refractivity contribution is 7.89. The van der Waals surface area contributed by atoms with E-state index in [0.29, 0.717) is 17.9 Å². The Bertz CT molecular complexity index is 713. The van der Waals surface area contributed by atoms with Gasteiger partial charge in [-0.25, -0.2) is 13.1 Å². The van der Waals surface area contributed by atoms with Crippen LogP contribution in [0.25, 0.3) is 0 Å². The predicted molar refractivity (Wildman–Crippen MR) is 75.3 cm³/mol. The summed E-state index contributed by atoms with van der Waals surface area (Å²) in [6.07, 6.45) is 1.51. The molecule has 21 heavy (non-hydrogen) atoms. The number of aromatic nitrogens is 2. The number of ether oxygens (including phenoxy) is 1.